The van der Waals surface area contributed by atoms with Crippen LogP contribution in [-0.4, -0.2) is 52.6 Å². The topological polar surface area (TPSA) is 76.8 Å². The van der Waals surface area contributed by atoms with Crippen molar-refractivity contribution in [3.63, 3.8) is 0 Å². The summed E-state index contributed by atoms with van der Waals surface area (Å²) in [5.41, 5.74) is 2.14. The maximum Gasteiger partial charge on any atom is 0.231 e. The van der Waals surface area contributed by atoms with Crippen molar-refractivity contribution < 1.29 is 9.47 Å². The van der Waals surface area contributed by atoms with Crippen LogP contribution in [0.5, 0.6) is 11.5 Å². The SMILES string of the molecule is C=C(C)CN=C(NCCn1cnnc1CC)N(C)Cc1ccc2c(c1)OCO2.I. The molecule has 0 aliphatic carbocycles. The van der Waals surface area contributed by atoms with E-state index in [1.54, 1.807) is 6.33 Å². The molecule has 158 valence electrons. The summed E-state index contributed by atoms with van der Waals surface area (Å²) in [5, 5.41) is 11.5. The minimum Gasteiger partial charge on any atom is -0.454 e. The molecule has 0 atom stereocenters. The predicted molar refractivity (Wildman–Crippen MR) is 124 cm³/mol. The zero-order valence-electron chi connectivity index (χ0n) is 17.2. The Morgan fingerprint density at radius 3 is 2.90 bits per heavy atom. The number of hydrogen-bond acceptors (Lipinski definition) is 5. The fourth-order valence-electron chi connectivity index (χ4n) is 2.94. The Labute approximate surface area is 189 Å². The number of fused-ring (bicyclic) bond motifs is 1. The van der Waals surface area contributed by atoms with Gasteiger partial charge in [-0.05, 0) is 24.6 Å². The Morgan fingerprint density at radius 1 is 1.34 bits per heavy atom. The molecule has 2 aromatic rings. The van der Waals surface area contributed by atoms with Gasteiger partial charge in [0.05, 0.1) is 6.54 Å². The minimum absolute atomic E-state index is 0. The first-order valence-electron chi connectivity index (χ1n) is 9.46. The Morgan fingerprint density at radius 2 is 2.14 bits per heavy atom. The van der Waals surface area contributed by atoms with Crippen molar-refractivity contribution in [2.45, 2.75) is 33.4 Å². The zero-order chi connectivity index (χ0) is 19.9. The smallest absolute Gasteiger partial charge is 0.231 e. The van der Waals surface area contributed by atoms with Gasteiger partial charge in [-0.1, -0.05) is 25.1 Å². The van der Waals surface area contributed by atoms with Crippen LogP contribution in [0.25, 0.3) is 0 Å². The van der Waals surface area contributed by atoms with Crippen molar-refractivity contribution >= 4 is 29.9 Å². The first-order valence-corrected chi connectivity index (χ1v) is 9.46. The zero-order valence-corrected chi connectivity index (χ0v) is 19.6. The minimum atomic E-state index is 0. The standard InChI is InChI=1S/C20H28N6O2.HI/c1-5-19-24-23-13-26(19)9-8-21-20(22-11-15(2)3)25(4)12-16-6-7-17-18(10-16)28-14-27-17;/h6-7,10,13H,2,5,8-9,11-12,14H2,1,3-4H3,(H,21,22);1H. The van der Waals surface area contributed by atoms with Gasteiger partial charge in [-0.3, -0.25) is 0 Å². The van der Waals surface area contributed by atoms with E-state index in [-0.39, 0.29) is 30.8 Å². The molecule has 1 aromatic carbocycles. The molecule has 0 spiro atoms. The third kappa shape index (κ3) is 6.34. The molecule has 2 heterocycles. The van der Waals surface area contributed by atoms with E-state index in [4.69, 9.17) is 9.47 Å². The summed E-state index contributed by atoms with van der Waals surface area (Å²) >= 11 is 0. The lowest BCUT2D eigenvalue weighted by Gasteiger charge is -2.23. The van der Waals surface area contributed by atoms with Gasteiger partial charge < -0.3 is 24.3 Å². The molecule has 3 rings (SSSR count). The lowest BCUT2D eigenvalue weighted by Crippen LogP contribution is -2.40. The second kappa shape index (κ2) is 11.0. The van der Waals surface area contributed by atoms with Crippen LogP contribution in [0.2, 0.25) is 0 Å². The van der Waals surface area contributed by atoms with Crippen LogP contribution in [-0.2, 0) is 19.5 Å². The molecule has 1 aliphatic rings. The molecule has 1 aromatic heterocycles. The van der Waals surface area contributed by atoms with Gasteiger partial charge in [-0.25, -0.2) is 4.99 Å². The number of nitrogens with one attached hydrogen (secondary N) is 1. The molecule has 9 heteroatoms. The molecule has 0 saturated heterocycles. The highest BCUT2D eigenvalue weighted by molar-refractivity contribution is 14.0. The number of benzene rings is 1. The summed E-state index contributed by atoms with van der Waals surface area (Å²) in [6.07, 6.45) is 2.63. The molecule has 0 saturated carbocycles. The lowest BCUT2D eigenvalue weighted by atomic mass is 10.2. The molecule has 0 unspecified atom stereocenters. The van der Waals surface area contributed by atoms with Crippen LogP contribution < -0.4 is 14.8 Å². The van der Waals surface area contributed by atoms with Crippen molar-refractivity contribution in [1.29, 1.82) is 0 Å². The second-order valence-electron chi connectivity index (χ2n) is 6.86. The molecule has 1 N–H and O–H groups in total. The number of aliphatic imine (C=N–C) groups is 1. The first kappa shape index (κ1) is 23.0. The van der Waals surface area contributed by atoms with Crippen molar-refractivity contribution in [2.24, 2.45) is 4.99 Å². The van der Waals surface area contributed by atoms with Gasteiger partial charge in [0, 0.05) is 33.1 Å². The van der Waals surface area contributed by atoms with Crippen LogP contribution in [0, 0.1) is 0 Å². The van der Waals surface area contributed by atoms with Crippen LogP contribution in [0.15, 0.2) is 41.7 Å². The third-order valence-corrected chi connectivity index (χ3v) is 4.36. The van der Waals surface area contributed by atoms with Gasteiger partial charge in [0.15, 0.2) is 17.5 Å². The summed E-state index contributed by atoms with van der Waals surface area (Å²) < 4.78 is 12.9. The quantitative estimate of drug-likeness (QED) is 0.254. The Balaban J connectivity index is 0.00000300. The first-order chi connectivity index (χ1) is 13.6. The van der Waals surface area contributed by atoms with Gasteiger partial charge in [-0.2, -0.15) is 0 Å². The lowest BCUT2D eigenvalue weighted by molar-refractivity contribution is 0.174. The number of rotatable bonds is 8. The van der Waals surface area contributed by atoms with E-state index in [1.165, 1.54) is 0 Å². The summed E-state index contributed by atoms with van der Waals surface area (Å²) in [4.78, 5) is 6.78. The van der Waals surface area contributed by atoms with E-state index < -0.39 is 0 Å². The van der Waals surface area contributed by atoms with E-state index in [1.807, 2.05) is 32.2 Å². The van der Waals surface area contributed by atoms with Crippen molar-refractivity contribution in [3.05, 3.63) is 48.1 Å². The second-order valence-corrected chi connectivity index (χ2v) is 6.86. The monoisotopic (exact) mass is 512 g/mol. The van der Waals surface area contributed by atoms with Gasteiger partial charge in [0.25, 0.3) is 0 Å². The highest BCUT2D eigenvalue weighted by Crippen LogP contribution is 2.32. The number of halogens is 1. The molecule has 1 aliphatic heterocycles. The number of aromatic nitrogens is 3. The van der Waals surface area contributed by atoms with Crippen molar-refractivity contribution in [2.75, 3.05) is 26.9 Å². The van der Waals surface area contributed by atoms with E-state index in [2.05, 4.69) is 43.5 Å². The molecule has 0 amide bonds. The number of aryl methyl sites for hydroxylation is 1. The van der Waals surface area contributed by atoms with E-state index >= 15 is 0 Å². The van der Waals surface area contributed by atoms with Crippen LogP contribution in [0.1, 0.15) is 25.2 Å². The number of guanidine groups is 1. The third-order valence-electron chi connectivity index (χ3n) is 4.36. The van der Waals surface area contributed by atoms with Crippen LogP contribution >= 0.6 is 24.0 Å². The highest BCUT2D eigenvalue weighted by Gasteiger charge is 2.15. The summed E-state index contributed by atoms with van der Waals surface area (Å²) in [6, 6.07) is 6.01. The Hall–Kier alpha value is -2.30. The Bertz CT molecular complexity index is 851. The van der Waals surface area contributed by atoms with Gasteiger partial charge in [0.1, 0.15) is 12.2 Å². The molecule has 29 heavy (non-hydrogen) atoms. The predicted octanol–water partition coefficient (Wildman–Crippen LogP) is 2.84. The fourth-order valence-corrected chi connectivity index (χ4v) is 2.94. The summed E-state index contributed by atoms with van der Waals surface area (Å²) in [6.45, 7) is 11.1. The van der Waals surface area contributed by atoms with Gasteiger partial charge in [-0.15, -0.1) is 34.2 Å². The molecule has 0 bridgehead atoms. The Kier molecular flexibility index (Phi) is 8.74. The molecule has 0 fully saturated rings. The molecule has 0 radical (unpaired) electrons. The average Bonchev–Trinajstić information content (AvgIpc) is 3.32. The van der Waals surface area contributed by atoms with Gasteiger partial charge in [0.2, 0.25) is 6.79 Å². The molecular weight excluding hydrogens is 483 g/mol. The number of hydrogen-bond donors (Lipinski definition) is 1. The maximum absolute atomic E-state index is 5.48. The van der Waals surface area contributed by atoms with E-state index in [0.29, 0.717) is 13.1 Å². The maximum atomic E-state index is 5.48. The van der Waals surface area contributed by atoms with Crippen LogP contribution in [0.4, 0.5) is 0 Å². The van der Waals surface area contributed by atoms with Crippen LogP contribution in [0.3, 0.4) is 0 Å². The summed E-state index contributed by atoms with van der Waals surface area (Å²) in [7, 11) is 2.02. The fraction of sp³-hybridized carbons (Fsp3) is 0.450. The average molecular weight is 512 g/mol. The number of nitrogens with zero attached hydrogens (tertiary/aromatic N) is 5. The highest BCUT2D eigenvalue weighted by atomic mass is 127. The largest absolute Gasteiger partial charge is 0.454 e. The molecule has 8 nitrogen and oxygen atoms in total. The van der Waals surface area contributed by atoms with E-state index in [0.717, 1.165) is 53.9 Å². The van der Waals surface area contributed by atoms with Crippen molar-refractivity contribution in [3.8, 4) is 11.5 Å². The van der Waals surface area contributed by atoms with E-state index in [9.17, 15) is 0 Å². The normalized spacial score (nSPS) is 12.4. The number of ether oxygens (including phenoxy) is 2. The van der Waals surface area contributed by atoms with Crippen molar-refractivity contribution in [1.82, 2.24) is 25.0 Å². The summed E-state index contributed by atoms with van der Waals surface area (Å²) in [5.74, 6) is 3.39. The van der Waals surface area contributed by atoms with Gasteiger partial charge >= 0.3 is 0 Å². The molecular formula is C20H29IN6O2.